The van der Waals surface area contributed by atoms with Gasteiger partial charge in [-0.05, 0) is 129 Å². The van der Waals surface area contributed by atoms with Crippen LogP contribution in [-0.4, -0.2) is 23.0 Å². The average Bonchev–Trinajstić information content (AvgIpc) is 3.77. The standard InChI is InChI=1S/C34H29NO.C18H25NSi.C15H17N.Ir/c1-22(2)23(3)27-18-19-35-32(20-27)31-11-7-10-30-29-17-16-28(21-33(29)36-34(30)31)26-14-12-25(13-15-26)24-8-5-4-6-9-24;1-14(2)11-16-12-17(15-9-7-6-8-10-15)19-13-18(16)20(3,4)5;1-12(2)10-13-8-9-16-15(11-13)14-6-4-3-5-7-14;/h4-23H,1-3H3;6-10,12-14H,11H2,1-5H3;3-9,11-12H,10H2,1-2H3;. The zero-order valence-corrected chi connectivity index (χ0v) is 47.8. The number of benzene rings is 6. The summed E-state index contributed by atoms with van der Waals surface area (Å²) in [6.07, 6.45) is 8.21. The van der Waals surface area contributed by atoms with E-state index in [0.717, 1.165) is 63.0 Å². The number of hydrogen-bond acceptors (Lipinski definition) is 4. The van der Waals surface area contributed by atoms with E-state index < -0.39 is 8.07 Å². The van der Waals surface area contributed by atoms with E-state index in [-0.39, 0.29) is 20.1 Å². The van der Waals surface area contributed by atoms with Gasteiger partial charge in [-0.1, -0.05) is 202 Å². The van der Waals surface area contributed by atoms with Crippen molar-refractivity contribution in [3.05, 3.63) is 217 Å². The Hall–Kier alpha value is -6.56. The SMILES string of the molecule is CC(C)C(C)c1ccnc(-c2cccc3c2oc2cc(-c4ccc(-c5ccccc5)cc4)ccc23)c1.CC(C)Cc1cc(-c2ccccc2)ncc1[Si](C)(C)C.CC(C)Cc1ccnc(-c2ccccc2)c1.[Ir]. The van der Waals surface area contributed by atoms with Crippen molar-refractivity contribution in [2.24, 2.45) is 17.8 Å². The summed E-state index contributed by atoms with van der Waals surface area (Å²) in [4.78, 5) is 13.8. The molecule has 0 saturated carbocycles. The molecule has 1 unspecified atom stereocenters. The van der Waals surface area contributed by atoms with Gasteiger partial charge in [-0.15, -0.1) is 0 Å². The molecule has 0 bridgehead atoms. The van der Waals surface area contributed by atoms with E-state index in [9.17, 15) is 0 Å². The number of fused-ring (bicyclic) bond motifs is 3. The third-order valence-electron chi connectivity index (χ3n) is 13.4. The Balaban J connectivity index is 0.000000178. The van der Waals surface area contributed by atoms with E-state index in [4.69, 9.17) is 14.4 Å². The molecule has 0 amide bonds. The van der Waals surface area contributed by atoms with E-state index in [1.54, 1.807) is 0 Å². The Morgan fingerprint density at radius 1 is 0.452 bits per heavy atom. The molecule has 4 nitrogen and oxygen atoms in total. The molecule has 6 aromatic carbocycles. The van der Waals surface area contributed by atoms with E-state index in [0.29, 0.717) is 23.7 Å². The second kappa shape index (κ2) is 24.9. The summed E-state index contributed by atoms with van der Waals surface area (Å²) in [7, 11) is -1.33. The first-order chi connectivity index (χ1) is 34.7. The van der Waals surface area contributed by atoms with Gasteiger partial charge in [0, 0.05) is 66.2 Å². The van der Waals surface area contributed by atoms with Crippen LogP contribution in [0.2, 0.25) is 19.6 Å². The summed E-state index contributed by atoms with van der Waals surface area (Å²) in [5.41, 5.74) is 17.3. The van der Waals surface area contributed by atoms with Gasteiger partial charge in [0.25, 0.3) is 0 Å². The van der Waals surface area contributed by atoms with Crippen LogP contribution in [0.15, 0.2) is 205 Å². The topological polar surface area (TPSA) is 51.8 Å². The predicted octanol–water partition coefficient (Wildman–Crippen LogP) is 18.2. The molecule has 0 saturated heterocycles. The second-order valence-electron chi connectivity index (χ2n) is 21.4. The fourth-order valence-electron chi connectivity index (χ4n) is 9.31. The van der Waals surface area contributed by atoms with Crippen molar-refractivity contribution in [1.82, 2.24) is 15.0 Å². The van der Waals surface area contributed by atoms with Crippen molar-refractivity contribution in [2.75, 3.05) is 0 Å². The number of pyridine rings is 3. The first-order valence-corrected chi connectivity index (χ1v) is 29.3. The van der Waals surface area contributed by atoms with Crippen molar-refractivity contribution in [3.8, 4) is 56.0 Å². The summed E-state index contributed by atoms with van der Waals surface area (Å²) in [6, 6.07) is 63.8. The van der Waals surface area contributed by atoms with Crippen LogP contribution >= 0.6 is 0 Å². The zero-order chi connectivity index (χ0) is 50.8. The Morgan fingerprint density at radius 2 is 0.986 bits per heavy atom. The molecular formula is C67H71IrN3OSi. The number of hydrogen-bond donors (Lipinski definition) is 0. The number of para-hydroxylation sites is 1. The van der Waals surface area contributed by atoms with Crippen LogP contribution < -0.4 is 5.19 Å². The minimum Gasteiger partial charge on any atom is -0.455 e. The normalized spacial score (nSPS) is 11.7. The van der Waals surface area contributed by atoms with Gasteiger partial charge in [0.15, 0.2) is 0 Å². The summed E-state index contributed by atoms with van der Waals surface area (Å²) in [5.74, 6) is 2.40. The molecule has 73 heavy (non-hydrogen) atoms. The molecule has 10 aromatic rings. The molecule has 10 rings (SSSR count). The summed E-state index contributed by atoms with van der Waals surface area (Å²) < 4.78 is 6.50. The van der Waals surface area contributed by atoms with Gasteiger partial charge in [0.1, 0.15) is 11.2 Å². The van der Waals surface area contributed by atoms with Crippen molar-refractivity contribution in [2.45, 2.75) is 86.9 Å². The van der Waals surface area contributed by atoms with Crippen molar-refractivity contribution in [1.29, 1.82) is 0 Å². The van der Waals surface area contributed by atoms with Crippen LogP contribution in [0.25, 0.3) is 78.0 Å². The summed E-state index contributed by atoms with van der Waals surface area (Å²) in [6.45, 7) is 23.1. The molecule has 1 atom stereocenters. The van der Waals surface area contributed by atoms with Crippen LogP contribution in [0.4, 0.5) is 0 Å². The van der Waals surface area contributed by atoms with Gasteiger partial charge in [-0.25, -0.2) is 0 Å². The monoisotopic (exact) mass is 1150 g/mol. The molecule has 0 aliphatic rings. The number of nitrogens with zero attached hydrogens (tertiary/aromatic N) is 3. The van der Waals surface area contributed by atoms with Crippen LogP contribution in [0.5, 0.6) is 0 Å². The largest absolute Gasteiger partial charge is 0.455 e. The maximum atomic E-state index is 6.50. The van der Waals surface area contributed by atoms with Crippen LogP contribution in [0.1, 0.15) is 71.1 Å². The van der Waals surface area contributed by atoms with Crippen molar-refractivity contribution in [3.63, 3.8) is 0 Å². The fourth-order valence-corrected chi connectivity index (χ4v) is 10.9. The summed E-state index contributed by atoms with van der Waals surface area (Å²) in [5, 5.41) is 3.76. The third kappa shape index (κ3) is 13.9. The molecule has 373 valence electrons. The van der Waals surface area contributed by atoms with Gasteiger partial charge in [-0.2, -0.15) is 0 Å². The van der Waals surface area contributed by atoms with Crippen LogP contribution in [0.3, 0.4) is 0 Å². The molecule has 4 aromatic heterocycles. The first kappa shape index (κ1) is 54.2. The quantitative estimate of drug-likeness (QED) is 0.114. The van der Waals surface area contributed by atoms with E-state index in [1.807, 2.05) is 36.7 Å². The van der Waals surface area contributed by atoms with Gasteiger partial charge >= 0.3 is 0 Å². The maximum absolute atomic E-state index is 6.50. The van der Waals surface area contributed by atoms with E-state index >= 15 is 0 Å². The van der Waals surface area contributed by atoms with E-state index in [1.165, 1.54) is 49.7 Å². The molecular weight excluding hydrogens is 1080 g/mol. The molecule has 0 aliphatic heterocycles. The Labute approximate surface area is 449 Å². The zero-order valence-electron chi connectivity index (χ0n) is 44.4. The molecule has 6 heteroatoms. The third-order valence-corrected chi connectivity index (χ3v) is 15.5. The Bertz CT molecular complexity index is 3320. The van der Waals surface area contributed by atoms with Crippen molar-refractivity contribution < 1.29 is 24.5 Å². The minimum atomic E-state index is -1.33. The van der Waals surface area contributed by atoms with Gasteiger partial charge < -0.3 is 4.42 Å². The van der Waals surface area contributed by atoms with Crippen molar-refractivity contribution >= 4 is 35.2 Å². The van der Waals surface area contributed by atoms with Gasteiger partial charge in [0.05, 0.1) is 25.2 Å². The smallest absolute Gasteiger partial charge is 0.144 e. The first-order valence-electron chi connectivity index (χ1n) is 25.8. The van der Waals surface area contributed by atoms with Gasteiger partial charge in [0.2, 0.25) is 0 Å². The molecule has 0 fully saturated rings. The Kier molecular flexibility index (Phi) is 18.5. The number of furan rings is 1. The molecule has 0 N–H and O–H groups in total. The van der Waals surface area contributed by atoms with Gasteiger partial charge in [-0.3, -0.25) is 15.0 Å². The molecule has 1 radical (unpaired) electrons. The number of rotatable bonds is 12. The summed E-state index contributed by atoms with van der Waals surface area (Å²) >= 11 is 0. The predicted molar refractivity (Wildman–Crippen MR) is 310 cm³/mol. The number of aromatic nitrogens is 3. The minimum absolute atomic E-state index is 0. The Morgan fingerprint density at radius 3 is 1.58 bits per heavy atom. The van der Waals surface area contributed by atoms with E-state index in [2.05, 4.69) is 237 Å². The van der Waals surface area contributed by atoms with Crippen LogP contribution in [-0.2, 0) is 32.9 Å². The second-order valence-corrected chi connectivity index (χ2v) is 26.4. The maximum Gasteiger partial charge on any atom is 0.144 e. The molecule has 0 aliphatic carbocycles. The van der Waals surface area contributed by atoms with Crippen LogP contribution in [0, 0.1) is 17.8 Å². The molecule has 0 spiro atoms. The average molecular weight is 1150 g/mol. The fraction of sp³-hybridized carbons (Fsp3) is 0.239. The molecule has 4 heterocycles.